The Balaban J connectivity index is 1.44. The van der Waals surface area contributed by atoms with Crippen LogP contribution in [0, 0.1) is 6.92 Å². The lowest BCUT2D eigenvalue weighted by atomic mass is 9.93. The molecule has 2 N–H and O–H groups in total. The van der Waals surface area contributed by atoms with Crippen LogP contribution in [0.25, 0.3) is 22.5 Å². The van der Waals surface area contributed by atoms with Gasteiger partial charge in [-0.1, -0.05) is 18.2 Å². The fourth-order valence-corrected chi connectivity index (χ4v) is 4.33. The minimum atomic E-state index is -4.43. The molecule has 0 saturated heterocycles. The molecule has 2 heterocycles. The third-order valence-corrected chi connectivity index (χ3v) is 6.44. The Hall–Kier alpha value is -4.28. The van der Waals surface area contributed by atoms with E-state index in [1.807, 2.05) is 26.0 Å². The lowest BCUT2D eigenvalue weighted by Crippen LogP contribution is -2.28. The molecule has 0 aliphatic heterocycles. The first-order chi connectivity index (χ1) is 17.7. The van der Waals surface area contributed by atoms with Crippen LogP contribution >= 0.6 is 0 Å². The monoisotopic (exact) mass is 508 g/mol. The van der Waals surface area contributed by atoms with Crippen LogP contribution in [-0.4, -0.2) is 38.1 Å². The van der Waals surface area contributed by atoms with Gasteiger partial charge in [0.2, 0.25) is 17.6 Å². The largest absolute Gasteiger partial charge is 0.478 e. The van der Waals surface area contributed by atoms with E-state index in [9.17, 15) is 18.0 Å². The Morgan fingerprint density at radius 2 is 1.86 bits per heavy atom. The van der Waals surface area contributed by atoms with Gasteiger partial charge in [-0.2, -0.15) is 18.4 Å². The minimum Gasteiger partial charge on any atom is -0.478 e. The number of nitrogens with zero attached hydrogens (tertiary/aromatic N) is 4. The number of tetrazole rings is 1. The van der Waals surface area contributed by atoms with Gasteiger partial charge >= 0.3 is 6.18 Å². The van der Waals surface area contributed by atoms with Crippen molar-refractivity contribution in [1.29, 1.82) is 0 Å². The number of hydrogen-bond donors (Lipinski definition) is 2. The standard InChI is InChI=1S/C26H23F3N6O2/c1-3-37-23-15(2)12-16(14-30-23)20-9-8-19(13-21(20)22-32-34-35-33-22)31-24(36)25(10-11-25)17-4-6-18(7-5-17)26(27,28)29/h4-9,12-14H,3,10-11H2,1-2H3,(H,31,36)(H,32,33,34,35). The van der Waals surface area contributed by atoms with Crippen molar-refractivity contribution in [2.24, 2.45) is 0 Å². The highest BCUT2D eigenvalue weighted by molar-refractivity contribution is 6.02. The summed E-state index contributed by atoms with van der Waals surface area (Å²) in [5.74, 6) is 0.605. The van der Waals surface area contributed by atoms with Gasteiger partial charge < -0.3 is 10.1 Å². The van der Waals surface area contributed by atoms with Crippen molar-refractivity contribution in [3.05, 3.63) is 71.4 Å². The molecular formula is C26H23F3N6O2. The summed E-state index contributed by atoms with van der Waals surface area (Å²) in [6, 6.07) is 12.1. The van der Waals surface area contributed by atoms with E-state index in [-0.39, 0.29) is 5.91 Å². The number of carbonyl (C=O) groups excluding carboxylic acids is 1. The van der Waals surface area contributed by atoms with Crippen LogP contribution in [0.3, 0.4) is 0 Å². The van der Waals surface area contributed by atoms with Crippen LogP contribution in [0.2, 0.25) is 0 Å². The topological polar surface area (TPSA) is 106 Å². The number of alkyl halides is 3. The number of amides is 1. The third-order valence-electron chi connectivity index (χ3n) is 6.44. The fraction of sp³-hybridized carbons (Fsp3) is 0.269. The van der Waals surface area contributed by atoms with Gasteiger partial charge in [-0.15, -0.1) is 10.2 Å². The summed E-state index contributed by atoms with van der Waals surface area (Å²) >= 11 is 0. The van der Waals surface area contributed by atoms with Crippen molar-refractivity contribution >= 4 is 11.6 Å². The van der Waals surface area contributed by atoms with Gasteiger partial charge in [0.05, 0.1) is 17.6 Å². The second-order valence-corrected chi connectivity index (χ2v) is 8.89. The minimum absolute atomic E-state index is 0.280. The summed E-state index contributed by atoms with van der Waals surface area (Å²) in [5, 5.41) is 17.2. The number of aromatic nitrogens is 5. The first kappa shape index (κ1) is 24.4. The fourth-order valence-electron chi connectivity index (χ4n) is 4.33. The third kappa shape index (κ3) is 4.76. The summed E-state index contributed by atoms with van der Waals surface area (Å²) in [5.41, 5.74) is 2.53. The Labute approximate surface area is 210 Å². The van der Waals surface area contributed by atoms with E-state index in [4.69, 9.17) is 4.74 Å². The molecule has 11 heteroatoms. The second kappa shape index (κ2) is 9.30. The first-order valence-corrected chi connectivity index (χ1v) is 11.7. The van der Waals surface area contributed by atoms with Crippen molar-refractivity contribution in [1.82, 2.24) is 25.6 Å². The van der Waals surface area contributed by atoms with Gasteiger partial charge in [0.1, 0.15) is 0 Å². The molecule has 37 heavy (non-hydrogen) atoms. The van der Waals surface area contributed by atoms with Crippen LogP contribution < -0.4 is 10.1 Å². The number of aryl methyl sites for hydroxylation is 1. The van der Waals surface area contributed by atoms with E-state index in [2.05, 4.69) is 30.9 Å². The molecule has 1 fully saturated rings. The number of hydrogen-bond acceptors (Lipinski definition) is 6. The van der Waals surface area contributed by atoms with Crippen molar-refractivity contribution < 1.29 is 22.7 Å². The molecule has 5 rings (SSSR count). The Bertz CT molecular complexity index is 1430. The lowest BCUT2D eigenvalue weighted by molar-refractivity contribution is -0.137. The zero-order chi connectivity index (χ0) is 26.2. The van der Waals surface area contributed by atoms with Crippen molar-refractivity contribution in [2.75, 3.05) is 11.9 Å². The number of halogens is 3. The highest BCUT2D eigenvalue weighted by atomic mass is 19.4. The van der Waals surface area contributed by atoms with Gasteiger partial charge in [0, 0.05) is 28.6 Å². The van der Waals surface area contributed by atoms with Gasteiger partial charge in [0.15, 0.2) is 0 Å². The number of ether oxygens (including phenoxy) is 1. The van der Waals surface area contributed by atoms with Gasteiger partial charge in [-0.3, -0.25) is 4.79 Å². The molecule has 1 amide bonds. The van der Waals surface area contributed by atoms with E-state index in [0.717, 1.165) is 28.8 Å². The van der Waals surface area contributed by atoms with E-state index < -0.39 is 17.2 Å². The summed E-state index contributed by atoms with van der Waals surface area (Å²) in [7, 11) is 0. The predicted molar refractivity (Wildman–Crippen MR) is 130 cm³/mol. The maximum atomic E-state index is 13.3. The molecule has 1 saturated carbocycles. The lowest BCUT2D eigenvalue weighted by Gasteiger charge is -2.18. The molecule has 4 aromatic rings. The molecule has 2 aromatic heterocycles. The highest BCUT2D eigenvalue weighted by Crippen LogP contribution is 2.49. The van der Waals surface area contributed by atoms with Crippen LogP contribution in [-0.2, 0) is 16.4 Å². The molecule has 0 unspecified atom stereocenters. The molecule has 8 nitrogen and oxygen atoms in total. The van der Waals surface area contributed by atoms with Gasteiger partial charge in [-0.05, 0) is 73.4 Å². The second-order valence-electron chi connectivity index (χ2n) is 8.89. The molecule has 0 bridgehead atoms. The average molecular weight is 509 g/mol. The van der Waals surface area contributed by atoms with E-state index in [0.29, 0.717) is 48.0 Å². The molecule has 1 aliphatic rings. The van der Waals surface area contributed by atoms with Crippen molar-refractivity contribution in [3.8, 4) is 28.4 Å². The number of aromatic amines is 1. The zero-order valence-electron chi connectivity index (χ0n) is 20.1. The summed E-state index contributed by atoms with van der Waals surface area (Å²) < 4.78 is 44.4. The number of benzene rings is 2. The molecule has 0 atom stereocenters. The normalized spacial score (nSPS) is 14.3. The van der Waals surface area contributed by atoms with Gasteiger partial charge in [0.25, 0.3) is 0 Å². The molecule has 190 valence electrons. The number of carbonyl (C=O) groups is 1. The quantitative estimate of drug-likeness (QED) is 0.350. The molecule has 0 spiro atoms. The van der Waals surface area contributed by atoms with Crippen LogP contribution in [0.15, 0.2) is 54.7 Å². The molecule has 0 radical (unpaired) electrons. The maximum absolute atomic E-state index is 13.3. The SMILES string of the molecule is CCOc1ncc(-c2ccc(NC(=O)C3(c4ccc(C(F)(F)F)cc4)CC3)cc2-c2nn[nH]n2)cc1C. The number of pyridine rings is 1. The van der Waals surface area contributed by atoms with Gasteiger partial charge in [-0.25, -0.2) is 4.98 Å². The highest BCUT2D eigenvalue weighted by Gasteiger charge is 2.51. The average Bonchev–Trinajstić information content (AvgIpc) is 3.51. The summed E-state index contributed by atoms with van der Waals surface area (Å²) in [6.07, 6.45) is -1.63. The molecule has 1 aliphatic carbocycles. The first-order valence-electron chi connectivity index (χ1n) is 11.7. The smallest absolute Gasteiger partial charge is 0.416 e. The Kier molecular flexibility index (Phi) is 6.14. The van der Waals surface area contributed by atoms with Crippen LogP contribution in [0.5, 0.6) is 5.88 Å². The molecule has 2 aromatic carbocycles. The van der Waals surface area contributed by atoms with Crippen LogP contribution in [0.1, 0.15) is 36.5 Å². The van der Waals surface area contributed by atoms with Crippen molar-refractivity contribution in [2.45, 2.75) is 38.3 Å². The number of H-pyrrole nitrogens is 1. The maximum Gasteiger partial charge on any atom is 0.416 e. The summed E-state index contributed by atoms with van der Waals surface area (Å²) in [4.78, 5) is 17.7. The van der Waals surface area contributed by atoms with E-state index in [1.165, 1.54) is 12.1 Å². The zero-order valence-corrected chi connectivity index (χ0v) is 20.1. The van der Waals surface area contributed by atoms with E-state index in [1.54, 1.807) is 18.3 Å². The number of nitrogens with one attached hydrogen (secondary N) is 2. The number of anilines is 1. The predicted octanol–water partition coefficient (Wildman–Crippen LogP) is 5.32. The van der Waals surface area contributed by atoms with E-state index >= 15 is 0 Å². The van der Waals surface area contributed by atoms with Crippen molar-refractivity contribution in [3.63, 3.8) is 0 Å². The summed E-state index contributed by atoms with van der Waals surface area (Å²) in [6.45, 7) is 4.30. The Morgan fingerprint density at radius 1 is 1.11 bits per heavy atom. The van der Waals surface area contributed by atoms with Crippen LogP contribution in [0.4, 0.5) is 18.9 Å². The number of rotatable bonds is 7. The Morgan fingerprint density at radius 3 is 2.46 bits per heavy atom. The molecular weight excluding hydrogens is 485 g/mol.